The maximum Gasteiger partial charge on any atom is 0.266 e. The molecular formula is C29H22Cl2FN3O2. The average Bonchev–Trinajstić information content (AvgIpc) is 3.16. The lowest BCUT2D eigenvalue weighted by Crippen LogP contribution is -2.14. The Morgan fingerprint density at radius 1 is 1.08 bits per heavy atom. The van der Waals surface area contributed by atoms with Crippen molar-refractivity contribution in [2.45, 2.75) is 20.5 Å². The molecule has 5 nitrogen and oxygen atoms in total. The maximum atomic E-state index is 13.9. The molecule has 8 heteroatoms. The highest BCUT2D eigenvalue weighted by molar-refractivity contribution is 6.35. The summed E-state index contributed by atoms with van der Waals surface area (Å²) in [6.45, 7) is 4.13. The number of rotatable bonds is 7. The number of benzene rings is 3. The number of para-hydroxylation sites is 1. The van der Waals surface area contributed by atoms with Crippen molar-refractivity contribution in [1.82, 2.24) is 4.57 Å². The van der Waals surface area contributed by atoms with Gasteiger partial charge in [0.05, 0.1) is 5.69 Å². The van der Waals surface area contributed by atoms with Gasteiger partial charge in [0.15, 0.2) is 0 Å². The number of nitrogens with zero attached hydrogens (tertiary/aromatic N) is 2. The smallest absolute Gasteiger partial charge is 0.266 e. The molecule has 0 bridgehead atoms. The fraction of sp³-hybridized carbons (Fsp3) is 0.103. The molecule has 37 heavy (non-hydrogen) atoms. The summed E-state index contributed by atoms with van der Waals surface area (Å²) in [5.41, 5.74) is 4.06. The van der Waals surface area contributed by atoms with Gasteiger partial charge in [-0.3, -0.25) is 4.79 Å². The molecule has 1 aromatic heterocycles. The van der Waals surface area contributed by atoms with Crippen molar-refractivity contribution < 1.29 is 13.9 Å². The molecule has 0 aliphatic carbocycles. The van der Waals surface area contributed by atoms with Gasteiger partial charge in [0.25, 0.3) is 5.91 Å². The van der Waals surface area contributed by atoms with Crippen LogP contribution in [0.25, 0.3) is 11.8 Å². The van der Waals surface area contributed by atoms with Crippen molar-refractivity contribution >= 4 is 40.9 Å². The summed E-state index contributed by atoms with van der Waals surface area (Å²) in [7, 11) is 0. The Kier molecular flexibility index (Phi) is 7.98. The van der Waals surface area contributed by atoms with E-state index >= 15 is 0 Å². The van der Waals surface area contributed by atoms with E-state index in [1.165, 1.54) is 24.3 Å². The first-order valence-corrected chi connectivity index (χ1v) is 12.1. The van der Waals surface area contributed by atoms with E-state index in [1.807, 2.05) is 60.9 Å². The zero-order valence-corrected chi connectivity index (χ0v) is 21.6. The highest BCUT2D eigenvalue weighted by Crippen LogP contribution is 2.26. The minimum absolute atomic E-state index is 0.0137. The van der Waals surface area contributed by atoms with Crippen LogP contribution in [-0.2, 0) is 11.4 Å². The third-order valence-electron chi connectivity index (χ3n) is 5.76. The molecule has 1 heterocycles. The Bertz CT molecular complexity index is 1540. The van der Waals surface area contributed by atoms with Crippen LogP contribution in [0.5, 0.6) is 5.75 Å². The Balaban J connectivity index is 1.52. The van der Waals surface area contributed by atoms with Gasteiger partial charge in [-0.25, -0.2) is 4.39 Å². The lowest BCUT2D eigenvalue weighted by molar-refractivity contribution is -0.112. The van der Waals surface area contributed by atoms with Crippen LogP contribution in [0.3, 0.4) is 0 Å². The minimum atomic E-state index is -0.681. The number of anilines is 1. The number of aryl methyl sites for hydroxylation is 1. The molecule has 0 aliphatic rings. The van der Waals surface area contributed by atoms with Gasteiger partial charge in [0, 0.05) is 32.7 Å². The monoisotopic (exact) mass is 533 g/mol. The lowest BCUT2D eigenvalue weighted by atomic mass is 10.1. The Morgan fingerprint density at radius 2 is 1.81 bits per heavy atom. The molecule has 0 radical (unpaired) electrons. The number of hydrogen-bond acceptors (Lipinski definition) is 3. The van der Waals surface area contributed by atoms with Gasteiger partial charge in [-0.1, -0.05) is 41.4 Å². The van der Waals surface area contributed by atoms with Crippen LogP contribution < -0.4 is 10.1 Å². The second-order valence-electron chi connectivity index (χ2n) is 8.28. The Hall–Kier alpha value is -4.05. The predicted molar refractivity (Wildman–Crippen MR) is 145 cm³/mol. The first-order chi connectivity index (χ1) is 17.8. The predicted octanol–water partition coefficient (Wildman–Crippen LogP) is 7.66. The van der Waals surface area contributed by atoms with E-state index in [2.05, 4.69) is 5.32 Å². The SMILES string of the molecule is Cc1cc(/C=C(/C#N)C(=O)Nc2ccccc2F)c(C)n1-c1ccc(OCc2ccc(Cl)cc2Cl)cc1. The van der Waals surface area contributed by atoms with E-state index in [4.69, 9.17) is 27.9 Å². The minimum Gasteiger partial charge on any atom is -0.489 e. The van der Waals surface area contributed by atoms with Crippen molar-refractivity contribution in [3.05, 3.63) is 117 Å². The van der Waals surface area contributed by atoms with Crippen LogP contribution in [0.4, 0.5) is 10.1 Å². The van der Waals surface area contributed by atoms with Crippen molar-refractivity contribution in [2.24, 2.45) is 0 Å². The summed E-state index contributed by atoms with van der Waals surface area (Å²) >= 11 is 12.2. The van der Waals surface area contributed by atoms with E-state index in [1.54, 1.807) is 18.2 Å². The van der Waals surface area contributed by atoms with Crippen molar-refractivity contribution in [2.75, 3.05) is 5.32 Å². The topological polar surface area (TPSA) is 67.0 Å². The average molecular weight is 534 g/mol. The summed E-state index contributed by atoms with van der Waals surface area (Å²) in [6, 6.07) is 22.4. The Labute approximate surface area is 224 Å². The van der Waals surface area contributed by atoms with Crippen LogP contribution in [-0.4, -0.2) is 10.5 Å². The molecule has 0 atom stereocenters. The van der Waals surface area contributed by atoms with Gasteiger partial charge in [0.1, 0.15) is 29.8 Å². The second-order valence-corrected chi connectivity index (χ2v) is 9.13. The number of amides is 1. The Morgan fingerprint density at radius 3 is 2.49 bits per heavy atom. The molecule has 4 aromatic rings. The number of carbonyl (C=O) groups excluding carboxylic acids is 1. The van der Waals surface area contributed by atoms with Gasteiger partial charge < -0.3 is 14.6 Å². The summed E-state index contributed by atoms with van der Waals surface area (Å²) in [5, 5.41) is 13.1. The maximum absolute atomic E-state index is 13.9. The number of hydrogen-bond donors (Lipinski definition) is 1. The van der Waals surface area contributed by atoms with Crippen LogP contribution in [0.2, 0.25) is 10.0 Å². The number of ether oxygens (including phenoxy) is 1. The van der Waals surface area contributed by atoms with Crippen LogP contribution in [0.15, 0.2) is 78.4 Å². The molecule has 186 valence electrons. The molecule has 0 saturated heterocycles. The van der Waals surface area contributed by atoms with Gasteiger partial charge in [-0.15, -0.1) is 0 Å². The van der Waals surface area contributed by atoms with Crippen LogP contribution in [0, 0.1) is 31.0 Å². The zero-order chi connectivity index (χ0) is 26.5. The van der Waals surface area contributed by atoms with E-state index in [9.17, 15) is 14.4 Å². The summed E-state index contributed by atoms with van der Waals surface area (Å²) in [4.78, 5) is 12.6. The highest BCUT2D eigenvalue weighted by atomic mass is 35.5. The van der Waals surface area contributed by atoms with Crippen molar-refractivity contribution in [3.8, 4) is 17.5 Å². The fourth-order valence-electron chi connectivity index (χ4n) is 3.88. The van der Waals surface area contributed by atoms with E-state index in [0.29, 0.717) is 28.0 Å². The molecule has 1 amide bonds. The molecule has 1 N–H and O–H groups in total. The first kappa shape index (κ1) is 26.0. The van der Waals surface area contributed by atoms with Crippen molar-refractivity contribution in [3.63, 3.8) is 0 Å². The fourth-order valence-corrected chi connectivity index (χ4v) is 4.34. The summed E-state index contributed by atoms with van der Waals surface area (Å²) in [5.74, 6) is -0.580. The molecule has 4 rings (SSSR count). The molecule has 0 aliphatic heterocycles. The number of aromatic nitrogens is 1. The number of nitrogens with one attached hydrogen (secondary N) is 1. The van der Waals surface area contributed by atoms with E-state index < -0.39 is 11.7 Å². The quantitative estimate of drug-likeness (QED) is 0.196. The van der Waals surface area contributed by atoms with Crippen LogP contribution in [0.1, 0.15) is 22.5 Å². The third-order valence-corrected chi connectivity index (χ3v) is 6.35. The van der Waals surface area contributed by atoms with Gasteiger partial charge in [-0.05, 0) is 80.1 Å². The number of nitriles is 1. The molecule has 0 unspecified atom stereocenters. The van der Waals surface area contributed by atoms with Gasteiger partial charge in [0.2, 0.25) is 0 Å². The van der Waals surface area contributed by atoms with Crippen molar-refractivity contribution in [1.29, 1.82) is 5.26 Å². The largest absolute Gasteiger partial charge is 0.489 e. The summed E-state index contributed by atoms with van der Waals surface area (Å²) in [6.07, 6.45) is 1.50. The first-order valence-electron chi connectivity index (χ1n) is 11.3. The van der Waals surface area contributed by atoms with E-state index in [-0.39, 0.29) is 11.3 Å². The number of halogens is 3. The molecular weight excluding hydrogens is 512 g/mol. The van der Waals surface area contributed by atoms with Crippen LogP contribution >= 0.6 is 23.2 Å². The normalized spacial score (nSPS) is 11.2. The standard InChI is InChI=1S/C29H22Cl2FN3O2/c1-18-13-21(14-22(16-33)29(36)34-28-6-4-3-5-27(28)32)19(2)35(18)24-9-11-25(12-10-24)37-17-20-7-8-23(30)15-26(20)31/h3-15H,17H2,1-2H3,(H,34,36)/b22-14-. The zero-order valence-electron chi connectivity index (χ0n) is 20.1. The van der Waals surface area contributed by atoms with E-state index in [0.717, 1.165) is 22.6 Å². The molecule has 0 fully saturated rings. The lowest BCUT2D eigenvalue weighted by Gasteiger charge is -2.12. The molecule has 3 aromatic carbocycles. The second kappa shape index (κ2) is 11.3. The third kappa shape index (κ3) is 6.03. The highest BCUT2D eigenvalue weighted by Gasteiger charge is 2.15. The molecule has 0 saturated carbocycles. The van der Waals surface area contributed by atoms with Gasteiger partial charge in [-0.2, -0.15) is 5.26 Å². The number of carbonyl (C=O) groups is 1. The summed E-state index contributed by atoms with van der Waals surface area (Å²) < 4.78 is 21.8. The van der Waals surface area contributed by atoms with Gasteiger partial charge >= 0.3 is 0 Å². The molecule has 0 spiro atoms.